The maximum Gasteiger partial charge on any atom is 0.490 e. The minimum atomic E-state index is -5.08. The van der Waals surface area contributed by atoms with E-state index in [0.29, 0.717) is 5.92 Å². The molecule has 2 aliphatic rings. The van der Waals surface area contributed by atoms with Gasteiger partial charge in [-0.1, -0.05) is 0 Å². The maximum absolute atomic E-state index is 12.8. The molecule has 0 saturated heterocycles. The summed E-state index contributed by atoms with van der Waals surface area (Å²) in [6, 6.07) is 2.16. The Kier molecular flexibility index (Phi) is 7.05. The standard InChI is InChI=1S/C18H24N4OS.C2HF3O2/c1-12-5-6-24-16(12)10-22-8-14(18(23)19-7-13-3-4-13)17-15(9-22)20-11-21(17)2;3-2(4,5)1(6)7/h5-6,11,13-14H,3-4,7-10H2,1-2H3,(H,19,23);(H,6,7). The predicted octanol–water partition coefficient (Wildman–Crippen LogP) is 3.05. The number of carboxylic acids is 1. The number of amides is 1. The molecule has 7 nitrogen and oxygen atoms in total. The Balaban J connectivity index is 0.000000339. The number of fused-ring (bicyclic) bond motifs is 1. The molecule has 4 rings (SSSR count). The van der Waals surface area contributed by atoms with Crippen molar-refractivity contribution in [3.63, 3.8) is 0 Å². The number of alkyl halides is 3. The second-order valence-electron chi connectivity index (χ2n) is 7.93. The Labute approximate surface area is 181 Å². The summed E-state index contributed by atoms with van der Waals surface area (Å²) >= 11 is 1.79. The zero-order valence-corrected chi connectivity index (χ0v) is 18.1. The topological polar surface area (TPSA) is 87.5 Å². The predicted molar refractivity (Wildman–Crippen MR) is 109 cm³/mol. The van der Waals surface area contributed by atoms with Gasteiger partial charge in [-0.15, -0.1) is 11.3 Å². The highest BCUT2D eigenvalue weighted by molar-refractivity contribution is 7.10. The Morgan fingerprint density at radius 1 is 1.35 bits per heavy atom. The first kappa shape index (κ1) is 23.3. The summed E-state index contributed by atoms with van der Waals surface area (Å²) in [6.45, 7) is 5.46. The quantitative estimate of drug-likeness (QED) is 0.719. The van der Waals surface area contributed by atoms with Gasteiger partial charge in [0, 0.05) is 38.1 Å². The van der Waals surface area contributed by atoms with E-state index in [-0.39, 0.29) is 11.8 Å². The van der Waals surface area contributed by atoms with Crippen molar-refractivity contribution >= 4 is 23.2 Å². The molecule has 2 aromatic heterocycles. The number of hydrogen-bond acceptors (Lipinski definition) is 5. The summed E-state index contributed by atoms with van der Waals surface area (Å²) in [4.78, 5) is 30.0. The van der Waals surface area contributed by atoms with E-state index in [2.05, 4.69) is 33.6 Å². The van der Waals surface area contributed by atoms with Crippen LogP contribution in [0.15, 0.2) is 17.8 Å². The number of hydrogen-bond donors (Lipinski definition) is 2. The number of aliphatic carboxylic acids is 1. The Bertz CT molecular complexity index is 936. The molecule has 31 heavy (non-hydrogen) atoms. The molecular formula is C20H25F3N4O3S. The molecule has 1 aliphatic carbocycles. The smallest absolute Gasteiger partial charge is 0.475 e. The number of aryl methyl sites for hydroxylation is 2. The molecule has 170 valence electrons. The van der Waals surface area contributed by atoms with Crippen LogP contribution in [-0.4, -0.2) is 50.7 Å². The van der Waals surface area contributed by atoms with Crippen molar-refractivity contribution in [2.75, 3.05) is 13.1 Å². The summed E-state index contributed by atoms with van der Waals surface area (Å²) < 4.78 is 33.8. The summed E-state index contributed by atoms with van der Waals surface area (Å²) in [7, 11) is 1.99. The van der Waals surface area contributed by atoms with Crippen molar-refractivity contribution in [2.24, 2.45) is 13.0 Å². The highest BCUT2D eigenvalue weighted by atomic mass is 32.1. The number of nitrogens with zero attached hydrogens (tertiary/aromatic N) is 3. The fraction of sp³-hybridized carbons (Fsp3) is 0.550. The first-order chi connectivity index (χ1) is 14.6. The largest absolute Gasteiger partial charge is 0.490 e. The number of thiophene rings is 1. The van der Waals surface area contributed by atoms with Crippen LogP contribution < -0.4 is 5.32 Å². The second-order valence-corrected chi connectivity index (χ2v) is 8.93. The maximum atomic E-state index is 12.8. The van der Waals surface area contributed by atoms with Crippen LogP contribution in [0.4, 0.5) is 13.2 Å². The molecule has 0 spiro atoms. The van der Waals surface area contributed by atoms with Crippen LogP contribution in [0.2, 0.25) is 0 Å². The van der Waals surface area contributed by atoms with E-state index < -0.39 is 12.1 Å². The lowest BCUT2D eigenvalue weighted by Gasteiger charge is -2.32. The van der Waals surface area contributed by atoms with Crippen LogP contribution >= 0.6 is 11.3 Å². The SMILES string of the molecule is Cc1ccsc1CN1Cc2ncn(C)c2C(C(=O)NCC2CC2)C1.O=C(O)C(F)(F)F. The first-order valence-electron chi connectivity index (χ1n) is 9.89. The molecular weight excluding hydrogens is 433 g/mol. The number of nitrogens with one attached hydrogen (secondary N) is 1. The normalized spacial score (nSPS) is 18.7. The van der Waals surface area contributed by atoms with Gasteiger partial charge < -0.3 is 15.0 Å². The first-order valence-corrected chi connectivity index (χ1v) is 10.8. The summed E-state index contributed by atoms with van der Waals surface area (Å²) in [6.07, 6.45) is -0.733. The molecule has 0 aromatic carbocycles. The van der Waals surface area contributed by atoms with E-state index in [1.165, 1.54) is 23.3 Å². The number of carbonyl (C=O) groups excluding carboxylic acids is 1. The van der Waals surface area contributed by atoms with Gasteiger partial charge in [-0.05, 0) is 42.7 Å². The van der Waals surface area contributed by atoms with Crippen LogP contribution in [0.25, 0.3) is 0 Å². The number of rotatable bonds is 5. The van der Waals surface area contributed by atoms with Crippen LogP contribution in [0.1, 0.15) is 40.6 Å². The van der Waals surface area contributed by atoms with Gasteiger partial charge in [-0.2, -0.15) is 13.2 Å². The monoisotopic (exact) mass is 458 g/mol. The zero-order valence-electron chi connectivity index (χ0n) is 17.3. The van der Waals surface area contributed by atoms with E-state index in [1.54, 1.807) is 11.3 Å². The van der Waals surface area contributed by atoms with Crippen molar-refractivity contribution in [1.29, 1.82) is 0 Å². The minimum absolute atomic E-state index is 0.125. The highest BCUT2D eigenvalue weighted by Crippen LogP contribution is 2.31. The van der Waals surface area contributed by atoms with Gasteiger partial charge in [0.1, 0.15) is 0 Å². The van der Waals surface area contributed by atoms with Crippen molar-refractivity contribution in [1.82, 2.24) is 19.8 Å². The summed E-state index contributed by atoms with van der Waals surface area (Å²) in [5.74, 6) is -2.03. The molecule has 2 aromatic rings. The van der Waals surface area contributed by atoms with E-state index in [0.717, 1.165) is 37.6 Å². The third-order valence-electron chi connectivity index (χ3n) is 5.36. The van der Waals surface area contributed by atoms with E-state index in [4.69, 9.17) is 9.90 Å². The fourth-order valence-electron chi connectivity index (χ4n) is 3.46. The Morgan fingerprint density at radius 3 is 2.58 bits per heavy atom. The lowest BCUT2D eigenvalue weighted by Crippen LogP contribution is -2.42. The van der Waals surface area contributed by atoms with E-state index in [1.807, 2.05) is 17.9 Å². The van der Waals surface area contributed by atoms with Crippen LogP contribution in [0, 0.1) is 12.8 Å². The Hall–Kier alpha value is -2.40. The fourth-order valence-corrected chi connectivity index (χ4v) is 4.41. The molecule has 1 amide bonds. The van der Waals surface area contributed by atoms with Crippen molar-refractivity contribution in [2.45, 2.75) is 44.9 Å². The van der Waals surface area contributed by atoms with Gasteiger partial charge in [0.05, 0.1) is 23.6 Å². The van der Waals surface area contributed by atoms with Gasteiger partial charge in [-0.25, -0.2) is 9.78 Å². The van der Waals surface area contributed by atoms with E-state index in [9.17, 15) is 18.0 Å². The van der Waals surface area contributed by atoms with Gasteiger partial charge in [0.25, 0.3) is 0 Å². The number of imidazole rings is 1. The van der Waals surface area contributed by atoms with Crippen LogP contribution in [0.3, 0.4) is 0 Å². The minimum Gasteiger partial charge on any atom is -0.475 e. The molecule has 1 fully saturated rings. The summed E-state index contributed by atoms with van der Waals surface area (Å²) in [5, 5.41) is 12.4. The third kappa shape index (κ3) is 6.07. The molecule has 2 N–H and O–H groups in total. The number of carboxylic acid groups (broad SMARTS) is 1. The van der Waals surface area contributed by atoms with Crippen molar-refractivity contribution < 1.29 is 27.9 Å². The zero-order chi connectivity index (χ0) is 22.8. The molecule has 3 heterocycles. The molecule has 11 heteroatoms. The van der Waals surface area contributed by atoms with Gasteiger partial charge in [0.2, 0.25) is 5.91 Å². The average Bonchev–Trinajstić information content (AvgIpc) is 3.34. The number of aromatic nitrogens is 2. The number of carbonyl (C=O) groups is 2. The molecule has 1 saturated carbocycles. The van der Waals surface area contributed by atoms with Crippen molar-refractivity contribution in [3.8, 4) is 0 Å². The van der Waals surface area contributed by atoms with Gasteiger partial charge in [0.15, 0.2) is 0 Å². The molecule has 0 bridgehead atoms. The van der Waals surface area contributed by atoms with Crippen LogP contribution in [0.5, 0.6) is 0 Å². The van der Waals surface area contributed by atoms with E-state index >= 15 is 0 Å². The summed E-state index contributed by atoms with van der Waals surface area (Å²) in [5.41, 5.74) is 3.47. The van der Waals surface area contributed by atoms with Gasteiger partial charge in [-0.3, -0.25) is 9.69 Å². The lowest BCUT2D eigenvalue weighted by molar-refractivity contribution is -0.192. The van der Waals surface area contributed by atoms with Crippen LogP contribution in [-0.2, 0) is 29.7 Å². The molecule has 0 radical (unpaired) electrons. The second kappa shape index (κ2) is 9.39. The lowest BCUT2D eigenvalue weighted by atomic mass is 9.97. The Morgan fingerprint density at radius 2 is 2.03 bits per heavy atom. The molecule has 1 atom stereocenters. The van der Waals surface area contributed by atoms with Gasteiger partial charge >= 0.3 is 12.1 Å². The average molecular weight is 459 g/mol. The molecule has 1 unspecified atom stereocenters. The third-order valence-corrected chi connectivity index (χ3v) is 6.37. The van der Waals surface area contributed by atoms with Crippen molar-refractivity contribution in [3.05, 3.63) is 39.6 Å². The highest BCUT2D eigenvalue weighted by Gasteiger charge is 2.38. The molecule has 1 aliphatic heterocycles. The number of halogens is 3.